The summed E-state index contributed by atoms with van der Waals surface area (Å²) in [5, 5.41) is 4.02. The molecule has 1 aliphatic rings. The number of hydrazone groups is 1. The summed E-state index contributed by atoms with van der Waals surface area (Å²) >= 11 is 8.07. The highest BCUT2D eigenvalue weighted by Gasteiger charge is 2.17. The lowest BCUT2D eigenvalue weighted by atomic mass is 10.2. The van der Waals surface area contributed by atoms with E-state index >= 15 is 0 Å². The van der Waals surface area contributed by atoms with E-state index in [4.69, 9.17) is 19.9 Å². The van der Waals surface area contributed by atoms with Crippen molar-refractivity contribution >= 4 is 39.5 Å². The second kappa shape index (κ2) is 7.53. The van der Waals surface area contributed by atoms with Gasteiger partial charge in [-0.15, -0.1) is 0 Å². The highest BCUT2D eigenvalue weighted by molar-refractivity contribution is 9.10. The fourth-order valence-corrected chi connectivity index (χ4v) is 2.01. The van der Waals surface area contributed by atoms with Crippen molar-refractivity contribution in [3.8, 4) is 5.75 Å². The molecule has 1 aliphatic heterocycles. The van der Waals surface area contributed by atoms with E-state index in [1.165, 1.54) is 0 Å². The maximum absolute atomic E-state index is 5.68. The minimum Gasteiger partial charge on any atom is -0.488 e. The minimum absolute atomic E-state index is 0.103. The number of hydrogen-bond acceptors (Lipinski definition) is 5. The maximum Gasteiger partial charge on any atom is 0.191 e. The van der Waals surface area contributed by atoms with Crippen LogP contribution in [0.3, 0.4) is 0 Å². The third kappa shape index (κ3) is 4.71. The van der Waals surface area contributed by atoms with Gasteiger partial charge in [-0.2, -0.15) is 5.10 Å². The molecule has 1 aromatic carbocycles. The molecule has 0 unspecified atom stereocenters. The molecule has 0 saturated carbocycles. The SMILES string of the molecule is NC(=S)NN=Cc1cc(Br)ccc1OCC1OCCO1. The summed E-state index contributed by atoms with van der Waals surface area (Å²) in [6, 6.07) is 5.58. The minimum atomic E-state index is -0.321. The number of nitrogens with one attached hydrogen (secondary N) is 1. The molecule has 2 rings (SSSR count). The Morgan fingerprint density at radius 2 is 2.30 bits per heavy atom. The molecule has 0 radical (unpaired) electrons. The van der Waals surface area contributed by atoms with E-state index in [0.29, 0.717) is 25.6 Å². The standard InChI is InChI=1S/C12H14BrN3O3S/c13-9-1-2-10(19-7-11-17-3-4-18-11)8(5-9)6-15-16-12(14)20/h1-2,5-6,11H,3-4,7H2,(H3,14,16,20). The quantitative estimate of drug-likeness (QED) is 0.469. The molecule has 1 aromatic rings. The van der Waals surface area contributed by atoms with E-state index in [1.807, 2.05) is 18.2 Å². The van der Waals surface area contributed by atoms with Crippen molar-refractivity contribution in [1.29, 1.82) is 0 Å². The average Bonchev–Trinajstić information content (AvgIpc) is 2.90. The van der Waals surface area contributed by atoms with E-state index < -0.39 is 0 Å². The van der Waals surface area contributed by atoms with Crippen LogP contribution in [0, 0.1) is 0 Å². The molecule has 1 saturated heterocycles. The van der Waals surface area contributed by atoms with E-state index in [2.05, 4.69) is 38.7 Å². The van der Waals surface area contributed by atoms with Gasteiger partial charge in [-0.1, -0.05) is 15.9 Å². The lowest BCUT2D eigenvalue weighted by Gasteiger charge is -2.13. The molecule has 0 amide bonds. The Morgan fingerprint density at radius 3 is 3.00 bits per heavy atom. The molecule has 0 bridgehead atoms. The van der Waals surface area contributed by atoms with E-state index in [1.54, 1.807) is 6.21 Å². The van der Waals surface area contributed by atoms with Crippen LogP contribution in [0.15, 0.2) is 27.8 Å². The van der Waals surface area contributed by atoms with Gasteiger partial charge in [-0.05, 0) is 30.4 Å². The van der Waals surface area contributed by atoms with Crippen LogP contribution in [0.5, 0.6) is 5.75 Å². The maximum atomic E-state index is 5.68. The van der Waals surface area contributed by atoms with Gasteiger partial charge in [0.05, 0.1) is 19.4 Å². The number of rotatable bonds is 5. The Hall–Kier alpha value is -1.22. The summed E-state index contributed by atoms with van der Waals surface area (Å²) in [5.41, 5.74) is 8.57. The molecule has 8 heteroatoms. The van der Waals surface area contributed by atoms with Crippen LogP contribution in [-0.2, 0) is 9.47 Å². The molecule has 20 heavy (non-hydrogen) atoms. The number of nitrogens with two attached hydrogens (primary N) is 1. The van der Waals surface area contributed by atoms with Crippen molar-refractivity contribution in [3.05, 3.63) is 28.2 Å². The number of ether oxygens (including phenoxy) is 3. The smallest absolute Gasteiger partial charge is 0.191 e. The lowest BCUT2D eigenvalue weighted by molar-refractivity contribution is -0.0684. The molecule has 0 spiro atoms. The Kier molecular flexibility index (Phi) is 5.72. The van der Waals surface area contributed by atoms with Gasteiger partial charge in [0.15, 0.2) is 11.4 Å². The summed E-state index contributed by atoms with van der Waals surface area (Å²) in [6.45, 7) is 1.52. The number of halogens is 1. The molecule has 1 heterocycles. The molecule has 1 fully saturated rings. The van der Waals surface area contributed by atoms with Crippen molar-refractivity contribution in [2.75, 3.05) is 19.8 Å². The van der Waals surface area contributed by atoms with Crippen LogP contribution in [0.25, 0.3) is 0 Å². The zero-order valence-electron chi connectivity index (χ0n) is 10.5. The zero-order chi connectivity index (χ0) is 14.4. The monoisotopic (exact) mass is 359 g/mol. The van der Waals surface area contributed by atoms with Crippen LogP contribution >= 0.6 is 28.1 Å². The molecule has 6 nitrogen and oxygen atoms in total. The molecule has 0 aliphatic carbocycles. The first-order valence-corrected chi connectivity index (χ1v) is 7.09. The number of nitrogens with zero attached hydrogens (tertiary/aromatic N) is 1. The average molecular weight is 360 g/mol. The van der Waals surface area contributed by atoms with Crippen molar-refractivity contribution in [2.45, 2.75) is 6.29 Å². The van der Waals surface area contributed by atoms with Crippen molar-refractivity contribution < 1.29 is 14.2 Å². The summed E-state index contributed by atoms with van der Waals surface area (Å²) in [7, 11) is 0. The highest BCUT2D eigenvalue weighted by atomic mass is 79.9. The van der Waals surface area contributed by atoms with Gasteiger partial charge >= 0.3 is 0 Å². The predicted molar refractivity (Wildman–Crippen MR) is 82.8 cm³/mol. The van der Waals surface area contributed by atoms with Crippen molar-refractivity contribution in [1.82, 2.24) is 5.43 Å². The zero-order valence-corrected chi connectivity index (χ0v) is 12.9. The third-order valence-corrected chi connectivity index (χ3v) is 3.00. The molecule has 3 N–H and O–H groups in total. The van der Waals surface area contributed by atoms with Crippen LogP contribution in [-0.4, -0.2) is 37.4 Å². The Balaban J connectivity index is 2.02. The highest BCUT2D eigenvalue weighted by Crippen LogP contribution is 2.22. The Morgan fingerprint density at radius 1 is 1.55 bits per heavy atom. The van der Waals surface area contributed by atoms with Crippen molar-refractivity contribution in [3.63, 3.8) is 0 Å². The second-order valence-electron chi connectivity index (χ2n) is 3.90. The van der Waals surface area contributed by atoms with E-state index in [-0.39, 0.29) is 11.4 Å². The van der Waals surface area contributed by atoms with Gasteiger partial charge in [-0.3, -0.25) is 5.43 Å². The van der Waals surface area contributed by atoms with E-state index in [0.717, 1.165) is 10.0 Å². The molecule has 108 valence electrons. The van der Waals surface area contributed by atoms with Gasteiger partial charge in [0.25, 0.3) is 0 Å². The number of hydrogen-bond donors (Lipinski definition) is 2. The normalized spacial score (nSPS) is 15.7. The second-order valence-corrected chi connectivity index (χ2v) is 5.25. The lowest BCUT2D eigenvalue weighted by Crippen LogP contribution is -2.24. The summed E-state index contributed by atoms with van der Waals surface area (Å²) in [5.74, 6) is 0.667. The summed E-state index contributed by atoms with van der Waals surface area (Å²) in [6.07, 6.45) is 1.26. The fraction of sp³-hybridized carbons (Fsp3) is 0.333. The first-order valence-electron chi connectivity index (χ1n) is 5.89. The summed E-state index contributed by atoms with van der Waals surface area (Å²) in [4.78, 5) is 0. The molecule has 0 atom stereocenters. The fourth-order valence-electron chi connectivity index (χ4n) is 1.58. The Bertz CT molecular complexity index is 507. The van der Waals surface area contributed by atoms with Crippen molar-refractivity contribution in [2.24, 2.45) is 10.8 Å². The van der Waals surface area contributed by atoms with Gasteiger partial charge in [0, 0.05) is 10.0 Å². The van der Waals surface area contributed by atoms with E-state index in [9.17, 15) is 0 Å². The van der Waals surface area contributed by atoms with Gasteiger partial charge < -0.3 is 19.9 Å². The predicted octanol–water partition coefficient (Wildman–Crippen LogP) is 1.37. The van der Waals surface area contributed by atoms with Crippen LogP contribution < -0.4 is 15.9 Å². The molecule has 0 aromatic heterocycles. The Labute approximate surface area is 130 Å². The van der Waals surface area contributed by atoms with Gasteiger partial charge in [0.2, 0.25) is 0 Å². The summed E-state index contributed by atoms with van der Waals surface area (Å²) < 4.78 is 17.2. The van der Waals surface area contributed by atoms with Crippen LogP contribution in [0.1, 0.15) is 5.56 Å². The van der Waals surface area contributed by atoms with Gasteiger partial charge in [-0.25, -0.2) is 0 Å². The van der Waals surface area contributed by atoms with Crippen LogP contribution in [0.4, 0.5) is 0 Å². The largest absolute Gasteiger partial charge is 0.488 e. The number of benzene rings is 1. The molecular formula is C12H14BrN3O3S. The first kappa shape index (κ1) is 15.2. The first-order chi connectivity index (χ1) is 9.65. The third-order valence-electron chi connectivity index (χ3n) is 2.42. The van der Waals surface area contributed by atoms with Gasteiger partial charge in [0.1, 0.15) is 12.4 Å². The van der Waals surface area contributed by atoms with Crippen LogP contribution in [0.2, 0.25) is 0 Å². The molecular weight excluding hydrogens is 346 g/mol. The topological polar surface area (TPSA) is 78.1 Å². The number of thiocarbonyl (C=S) groups is 1.